The Morgan fingerprint density at radius 2 is 1.86 bits per heavy atom. The molecule has 1 aromatic carbocycles. The molecule has 2 saturated heterocycles. The fourth-order valence-corrected chi connectivity index (χ4v) is 4.68. The third-order valence-electron chi connectivity index (χ3n) is 6.69. The number of hydrogen-bond acceptors (Lipinski definition) is 8. The number of carbonyl (C=O) groups is 1. The molecule has 2 aliphatic rings. The average molecular weight is 488 g/mol. The van der Waals surface area contributed by atoms with Crippen LogP contribution in [0.25, 0.3) is 11.3 Å². The summed E-state index contributed by atoms with van der Waals surface area (Å²) in [6.45, 7) is 3.83. The van der Waals surface area contributed by atoms with Crippen molar-refractivity contribution in [3.63, 3.8) is 0 Å². The van der Waals surface area contributed by atoms with Crippen LogP contribution in [0.1, 0.15) is 35.7 Å². The largest absolute Gasteiger partial charge is 0.381 e. The number of nitrogens with zero attached hydrogens (tertiary/aromatic N) is 6. The summed E-state index contributed by atoms with van der Waals surface area (Å²) in [6, 6.07) is 11.5. The van der Waals surface area contributed by atoms with Crippen molar-refractivity contribution in [2.75, 3.05) is 44.8 Å². The number of benzene rings is 1. The zero-order valence-electron chi connectivity index (χ0n) is 20.0. The summed E-state index contributed by atoms with van der Waals surface area (Å²) in [5.74, 6) is 0.827. The van der Waals surface area contributed by atoms with Gasteiger partial charge in [0, 0.05) is 55.5 Å². The predicted molar refractivity (Wildman–Crippen MR) is 133 cm³/mol. The fourth-order valence-electron chi connectivity index (χ4n) is 4.68. The lowest BCUT2D eigenvalue weighted by molar-refractivity contribution is 0.0303. The van der Waals surface area contributed by atoms with Crippen molar-refractivity contribution in [3.05, 3.63) is 54.5 Å². The Morgan fingerprint density at radius 1 is 1.11 bits per heavy atom. The van der Waals surface area contributed by atoms with E-state index >= 15 is 0 Å². The van der Waals surface area contributed by atoms with Crippen LogP contribution in [0, 0.1) is 17.2 Å². The topological polar surface area (TPSA) is 118 Å². The molecule has 2 aliphatic heterocycles. The molecule has 0 aliphatic carbocycles. The minimum absolute atomic E-state index is 0.00978. The van der Waals surface area contributed by atoms with Gasteiger partial charge < -0.3 is 19.7 Å². The van der Waals surface area contributed by atoms with E-state index in [1.807, 2.05) is 34.0 Å². The number of ether oxygens (including phenoxy) is 2. The van der Waals surface area contributed by atoms with Crippen LogP contribution < -0.4 is 5.32 Å². The zero-order chi connectivity index (χ0) is 24.7. The molecule has 10 heteroatoms. The van der Waals surface area contributed by atoms with Crippen LogP contribution in [0.2, 0.25) is 0 Å². The number of nitriles is 1. The predicted octanol–water partition coefficient (Wildman–Crippen LogP) is 3.44. The maximum Gasteiger partial charge on any atom is 0.254 e. The van der Waals surface area contributed by atoms with Gasteiger partial charge in [-0.2, -0.15) is 10.4 Å². The molecule has 1 atom stereocenters. The van der Waals surface area contributed by atoms with Gasteiger partial charge in [0.25, 0.3) is 5.91 Å². The smallest absolute Gasteiger partial charge is 0.254 e. The average Bonchev–Trinajstić information content (AvgIpc) is 3.43. The number of carbonyl (C=O) groups excluding carboxylic acids is 1. The number of aromatic nitrogens is 4. The van der Waals surface area contributed by atoms with Crippen LogP contribution in [0.4, 0.5) is 11.6 Å². The van der Waals surface area contributed by atoms with E-state index in [-0.39, 0.29) is 11.9 Å². The first kappa shape index (κ1) is 23.9. The summed E-state index contributed by atoms with van der Waals surface area (Å²) in [5.41, 5.74) is 3.03. The standard InChI is InChI=1S/C26H29N7O3/c27-9-5-24(19-7-13-35-14-8-19)33-18-21(17-29-33)23-6-10-28-26(31-23)30-22-3-1-20(2-4-22)25(34)32-11-15-36-16-12-32/h1-4,6,10,17-19,24H,5,7-8,11-16H2,(H,28,30,31). The lowest BCUT2D eigenvalue weighted by Crippen LogP contribution is -2.40. The number of nitrogens with one attached hydrogen (secondary N) is 1. The number of morpholine rings is 1. The first-order valence-corrected chi connectivity index (χ1v) is 12.3. The molecule has 3 aromatic rings. The number of rotatable bonds is 7. The highest BCUT2D eigenvalue weighted by Gasteiger charge is 2.26. The Labute approximate surface area is 209 Å². The van der Waals surface area contributed by atoms with Crippen molar-refractivity contribution in [1.29, 1.82) is 5.26 Å². The summed E-state index contributed by atoms with van der Waals surface area (Å²) in [4.78, 5) is 23.5. The Balaban J connectivity index is 1.27. The van der Waals surface area contributed by atoms with Crippen LogP contribution in [0.3, 0.4) is 0 Å². The van der Waals surface area contributed by atoms with Crippen molar-refractivity contribution < 1.29 is 14.3 Å². The van der Waals surface area contributed by atoms with E-state index in [1.165, 1.54) is 0 Å². The minimum Gasteiger partial charge on any atom is -0.381 e. The molecule has 5 rings (SSSR count). The van der Waals surface area contributed by atoms with Gasteiger partial charge in [-0.3, -0.25) is 9.48 Å². The van der Waals surface area contributed by atoms with Gasteiger partial charge in [0.2, 0.25) is 5.95 Å². The van der Waals surface area contributed by atoms with Crippen LogP contribution in [0.15, 0.2) is 48.9 Å². The molecule has 0 bridgehead atoms. The minimum atomic E-state index is 0.00978. The second-order valence-electron chi connectivity index (χ2n) is 8.96. The van der Waals surface area contributed by atoms with Gasteiger partial charge in [-0.1, -0.05) is 0 Å². The van der Waals surface area contributed by atoms with E-state index in [9.17, 15) is 10.1 Å². The van der Waals surface area contributed by atoms with E-state index < -0.39 is 0 Å². The Hall–Kier alpha value is -3.81. The van der Waals surface area contributed by atoms with E-state index in [0.29, 0.717) is 50.2 Å². The molecule has 186 valence electrons. The SMILES string of the molecule is N#CCC(C1CCOCC1)n1cc(-c2ccnc(Nc3ccc(C(=O)N4CCOCC4)cc3)n2)cn1. The van der Waals surface area contributed by atoms with Crippen molar-refractivity contribution in [3.8, 4) is 17.3 Å². The van der Waals surface area contributed by atoms with Crippen LogP contribution >= 0.6 is 0 Å². The third-order valence-corrected chi connectivity index (χ3v) is 6.69. The molecule has 10 nitrogen and oxygen atoms in total. The number of anilines is 2. The lowest BCUT2D eigenvalue weighted by atomic mass is 9.90. The highest BCUT2D eigenvalue weighted by atomic mass is 16.5. The summed E-state index contributed by atoms with van der Waals surface area (Å²) >= 11 is 0. The van der Waals surface area contributed by atoms with Crippen molar-refractivity contribution in [2.45, 2.75) is 25.3 Å². The molecule has 2 fully saturated rings. The van der Waals surface area contributed by atoms with Crippen molar-refractivity contribution in [1.82, 2.24) is 24.6 Å². The van der Waals surface area contributed by atoms with E-state index in [1.54, 1.807) is 24.5 Å². The Morgan fingerprint density at radius 3 is 2.61 bits per heavy atom. The Bertz CT molecular complexity index is 1210. The summed E-state index contributed by atoms with van der Waals surface area (Å²) in [6.07, 6.45) is 7.70. The van der Waals surface area contributed by atoms with E-state index in [2.05, 4.69) is 26.5 Å². The van der Waals surface area contributed by atoms with E-state index in [4.69, 9.17) is 9.47 Å². The molecular weight excluding hydrogens is 458 g/mol. The molecule has 1 amide bonds. The monoisotopic (exact) mass is 487 g/mol. The van der Waals surface area contributed by atoms with Crippen LogP contribution in [0.5, 0.6) is 0 Å². The first-order valence-electron chi connectivity index (χ1n) is 12.3. The van der Waals surface area contributed by atoms with Gasteiger partial charge in [-0.05, 0) is 49.1 Å². The van der Waals surface area contributed by atoms with Gasteiger partial charge in [0.05, 0.1) is 43.6 Å². The molecule has 0 radical (unpaired) electrons. The molecular formula is C26H29N7O3. The summed E-state index contributed by atoms with van der Waals surface area (Å²) in [5, 5.41) is 17.1. The van der Waals surface area contributed by atoms with E-state index in [0.717, 1.165) is 43.0 Å². The number of hydrogen-bond donors (Lipinski definition) is 1. The maximum atomic E-state index is 12.7. The zero-order valence-corrected chi connectivity index (χ0v) is 20.0. The lowest BCUT2D eigenvalue weighted by Gasteiger charge is -2.29. The molecule has 1 N–H and O–H groups in total. The maximum absolute atomic E-state index is 12.7. The summed E-state index contributed by atoms with van der Waals surface area (Å²) in [7, 11) is 0. The quantitative estimate of drug-likeness (QED) is 0.538. The van der Waals surface area contributed by atoms with Crippen LogP contribution in [-0.2, 0) is 9.47 Å². The molecule has 0 saturated carbocycles. The molecule has 36 heavy (non-hydrogen) atoms. The summed E-state index contributed by atoms with van der Waals surface area (Å²) < 4.78 is 12.7. The molecule has 2 aromatic heterocycles. The third kappa shape index (κ3) is 5.53. The van der Waals surface area contributed by atoms with Crippen molar-refractivity contribution in [2.24, 2.45) is 5.92 Å². The number of amides is 1. The highest BCUT2D eigenvalue weighted by molar-refractivity contribution is 5.94. The van der Waals surface area contributed by atoms with Crippen LogP contribution in [-0.4, -0.2) is 70.1 Å². The molecule has 0 spiro atoms. The fraction of sp³-hybridized carbons (Fsp3) is 0.423. The second kappa shape index (κ2) is 11.3. The normalized spacial score (nSPS) is 17.4. The van der Waals surface area contributed by atoms with Crippen molar-refractivity contribution >= 4 is 17.5 Å². The molecule has 1 unspecified atom stereocenters. The second-order valence-corrected chi connectivity index (χ2v) is 8.96. The van der Waals surface area contributed by atoms with Gasteiger partial charge >= 0.3 is 0 Å². The van der Waals surface area contributed by atoms with Gasteiger partial charge in [-0.25, -0.2) is 9.97 Å². The Kier molecular flexibility index (Phi) is 7.50. The molecule has 4 heterocycles. The van der Waals surface area contributed by atoms with Gasteiger partial charge in [0.1, 0.15) is 0 Å². The van der Waals surface area contributed by atoms with Gasteiger partial charge in [-0.15, -0.1) is 0 Å². The first-order chi connectivity index (χ1) is 17.7. The highest BCUT2D eigenvalue weighted by Crippen LogP contribution is 2.31. The van der Waals surface area contributed by atoms with Gasteiger partial charge in [0.15, 0.2) is 0 Å².